The Kier molecular flexibility index (Phi) is 6.72. The molecule has 4 N–H and O–H groups in total. The fourth-order valence-electron chi connectivity index (χ4n) is 4.17. The van der Waals surface area contributed by atoms with Crippen LogP contribution in [-0.4, -0.2) is 60.0 Å². The molecular formula is C20H27ClFN5O3. The molecule has 10 heteroatoms. The lowest BCUT2D eigenvalue weighted by molar-refractivity contribution is -0.138. The SMILES string of the molecule is CC(F)/C(=C(/N)COc1ccc(Cl)c2c1C(N1CCCC1=O)N(C=O)CC2)N(C)N. The van der Waals surface area contributed by atoms with Crippen LogP contribution in [0.3, 0.4) is 0 Å². The van der Waals surface area contributed by atoms with Crippen molar-refractivity contribution >= 4 is 23.9 Å². The molecule has 0 aliphatic carbocycles. The van der Waals surface area contributed by atoms with Gasteiger partial charge in [-0.25, -0.2) is 10.2 Å². The molecule has 0 spiro atoms. The summed E-state index contributed by atoms with van der Waals surface area (Å²) >= 11 is 6.44. The number of nitrogens with two attached hydrogens (primary N) is 2. The van der Waals surface area contributed by atoms with E-state index in [1.54, 1.807) is 21.9 Å². The van der Waals surface area contributed by atoms with Gasteiger partial charge >= 0.3 is 0 Å². The van der Waals surface area contributed by atoms with Gasteiger partial charge in [-0.05, 0) is 37.5 Å². The van der Waals surface area contributed by atoms with E-state index >= 15 is 0 Å². The summed E-state index contributed by atoms with van der Waals surface area (Å²) in [6.07, 6.45) is 0.465. The number of amides is 2. The summed E-state index contributed by atoms with van der Waals surface area (Å²) in [7, 11) is 1.50. The highest BCUT2D eigenvalue weighted by Crippen LogP contribution is 2.42. The van der Waals surface area contributed by atoms with Crippen molar-refractivity contribution in [3.8, 4) is 5.75 Å². The molecule has 2 atom stereocenters. The summed E-state index contributed by atoms with van der Waals surface area (Å²) in [4.78, 5) is 27.5. The van der Waals surface area contributed by atoms with Gasteiger partial charge in [0.15, 0.2) is 0 Å². The van der Waals surface area contributed by atoms with Gasteiger partial charge in [-0.15, -0.1) is 0 Å². The standard InChI is InChI=1S/C20H27ClFN5O3/c1-12(22)19(25(2)24)15(23)10-30-16-6-5-14(21)13-7-9-26(11-28)20(18(13)16)27-8-3-4-17(27)29/h5-6,11-12,20H,3-4,7-10,23-24H2,1-2H3/b19-15-. The van der Waals surface area contributed by atoms with Crippen molar-refractivity contribution in [1.82, 2.24) is 14.8 Å². The van der Waals surface area contributed by atoms with Crippen molar-refractivity contribution in [3.63, 3.8) is 0 Å². The van der Waals surface area contributed by atoms with Crippen LogP contribution in [0.5, 0.6) is 5.75 Å². The van der Waals surface area contributed by atoms with E-state index in [0.717, 1.165) is 23.4 Å². The van der Waals surface area contributed by atoms with Gasteiger partial charge in [-0.2, -0.15) is 0 Å². The quantitative estimate of drug-likeness (QED) is 0.380. The maximum absolute atomic E-state index is 13.9. The molecule has 1 fully saturated rings. The number of halogens is 2. The number of likely N-dealkylation sites (tertiary alicyclic amines) is 1. The molecule has 1 aromatic rings. The van der Waals surface area contributed by atoms with Crippen LogP contribution in [0, 0.1) is 0 Å². The van der Waals surface area contributed by atoms with Gasteiger partial charge in [0, 0.05) is 37.1 Å². The molecule has 164 valence electrons. The molecule has 1 saturated heterocycles. The van der Waals surface area contributed by atoms with Crippen LogP contribution in [-0.2, 0) is 16.0 Å². The van der Waals surface area contributed by atoms with Crippen molar-refractivity contribution in [1.29, 1.82) is 0 Å². The van der Waals surface area contributed by atoms with Crippen LogP contribution in [0.15, 0.2) is 23.5 Å². The Morgan fingerprint density at radius 3 is 2.73 bits per heavy atom. The number of hydrazine groups is 1. The molecule has 2 heterocycles. The smallest absolute Gasteiger partial charge is 0.224 e. The molecule has 0 aromatic heterocycles. The third-order valence-electron chi connectivity index (χ3n) is 5.46. The molecule has 2 amide bonds. The zero-order valence-corrected chi connectivity index (χ0v) is 17.9. The minimum atomic E-state index is -1.37. The molecule has 0 saturated carbocycles. The molecule has 30 heavy (non-hydrogen) atoms. The molecule has 1 aromatic carbocycles. The van der Waals surface area contributed by atoms with Gasteiger partial charge in [-0.3, -0.25) is 9.59 Å². The minimum Gasteiger partial charge on any atom is -0.487 e. The zero-order chi connectivity index (χ0) is 22.0. The number of hydrogen-bond acceptors (Lipinski definition) is 6. The molecular weight excluding hydrogens is 413 g/mol. The Bertz CT molecular complexity index is 851. The van der Waals surface area contributed by atoms with Crippen LogP contribution in [0.4, 0.5) is 4.39 Å². The number of alkyl halides is 1. The number of ether oxygens (including phenoxy) is 1. The number of hydrogen-bond donors (Lipinski definition) is 2. The first-order valence-corrected chi connectivity index (χ1v) is 10.2. The highest BCUT2D eigenvalue weighted by molar-refractivity contribution is 6.31. The third kappa shape index (κ3) is 4.17. The Morgan fingerprint density at radius 2 is 2.17 bits per heavy atom. The summed E-state index contributed by atoms with van der Waals surface area (Å²) in [5.74, 6) is 6.11. The zero-order valence-electron chi connectivity index (χ0n) is 17.1. The number of fused-ring (bicyclic) bond motifs is 1. The first kappa shape index (κ1) is 22.2. The lowest BCUT2D eigenvalue weighted by Gasteiger charge is -2.41. The first-order chi connectivity index (χ1) is 14.3. The van der Waals surface area contributed by atoms with Gasteiger partial charge in [0.05, 0.1) is 11.4 Å². The van der Waals surface area contributed by atoms with Gasteiger partial charge in [0.2, 0.25) is 12.3 Å². The summed E-state index contributed by atoms with van der Waals surface area (Å²) in [6.45, 7) is 2.22. The van der Waals surface area contributed by atoms with Crippen molar-refractivity contribution < 1.29 is 18.7 Å². The van der Waals surface area contributed by atoms with E-state index in [0.29, 0.717) is 42.3 Å². The number of allylic oxidation sites excluding steroid dienone is 1. The number of benzene rings is 1. The predicted octanol–water partition coefficient (Wildman–Crippen LogP) is 1.69. The van der Waals surface area contributed by atoms with Crippen LogP contribution in [0.1, 0.15) is 37.1 Å². The second-order valence-corrected chi connectivity index (χ2v) is 7.93. The summed E-state index contributed by atoms with van der Waals surface area (Å²) < 4.78 is 19.9. The average Bonchev–Trinajstić information content (AvgIpc) is 3.11. The topological polar surface area (TPSA) is 105 Å². The van der Waals surface area contributed by atoms with Crippen LogP contribution in [0.2, 0.25) is 5.02 Å². The Hall–Kier alpha value is -2.52. The summed E-state index contributed by atoms with van der Waals surface area (Å²) in [5.41, 5.74) is 7.81. The third-order valence-corrected chi connectivity index (χ3v) is 5.82. The predicted molar refractivity (Wildman–Crippen MR) is 111 cm³/mol. The molecule has 3 rings (SSSR count). The van der Waals surface area contributed by atoms with E-state index in [4.69, 9.17) is 27.9 Å². The largest absolute Gasteiger partial charge is 0.487 e. The van der Waals surface area contributed by atoms with Crippen LogP contribution in [0.25, 0.3) is 0 Å². The normalized spacial score (nSPS) is 20.6. The van der Waals surface area contributed by atoms with Crippen LogP contribution < -0.4 is 16.3 Å². The molecule has 0 radical (unpaired) electrons. The molecule has 0 bridgehead atoms. The number of rotatable bonds is 7. The fraction of sp³-hybridized carbons (Fsp3) is 0.500. The lowest BCUT2D eigenvalue weighted by Crippen LogP contribution is -2.45. The highest BCUT2D eigenvalue weighted by atomic mass is 35.5. The van der Waals surface area contributed by atoms with Crippen molar-refractivity contribution in [3.05, 3.63) is 39.7 Å². The molecule has 2 unspecified atom stereocenters. The summed E-state index contributed by atoms with van der Waals surface area (Å²) in [5, 5.41) is 1.67. The van der Waals surface area contributed by atoms with Gasteiger partial charge in [0.1, 0.15) is 24.7 Å². The van der Waals surface area contributed by atoms with Crippen molar-refractivity contribution in [2.24, 2.45) is 11.6 Å². The monoisotopic (exact) mass is 439 g/mol. The Labute approximate surface area is 180 Å². The molecule has 8 nitrogen and oxygen atoms in total. The van der Waals surface area contributed by atoms with E-state index < -0.39 is 12.3 Å². The molecule has 2 aliphatic rings. The fourth-order valence-corrected chi connectivity index (χ4v) is 4.43. The summed E-state index contributed by atoms with van der Waals surface area (Å²) in [6, 6.07) is 3.39. The van der Waals surface area contributed by atoms with Crippen molar-refractivity contribution in [2.45, 2.75) is 38.5 Å². The number of carbonyl (C=O) groups is 2. The Balaban J connectivity index is 2.01. The van der Waals surface area contributed by atoms with Gasteiger partial charge in [0.25, 0.3) is 0 Å². The van der Waals surface area contributed by atoms with E-state index in [2.05, 4.69) is 0 Å². The van der Waals surface area contributed by atoms with E-state index in [1.807, 2.05) is 0 Å². The van der Waals surface area contributed by atoms with Gasteiger partial charge in [-0.1, -0.05) is 11.6 Å². The maximum Gasteiger partial charge on any atom is 0.224 e. The minimum absolute atomic E-state index is 0.0247. The van der Waals surface area contributed by atoms with Crippen molar-refractivity contribution in [2.75, 3.05) is 26.7 Å². The van der Waals surface area contributed by atoms with E-state index in [9.17, 15) is 14.0 Å². The Morgan fingerprint density at radius 1 is 1.43 bits per heavy atom. The van der Waals surface area contributed by atoms with Gasteiger partial charge < -0.3 is 25.3 Å². The van der Waals surface area contributed by atoms with E-state index in [1.165, 1.54) is 14.0 Å². The van der Waals surface area contributed by atoms with Crippen LogP contribution >= 0.6 is 11.6 Å². The second kappa shape index (κ2) is 9.09. The maximum atomic E-state index is 13.9. The highest BCUT2D eigenvalue weighted by Gasteiger charge is 2.39. The first-order valence-electron chi connectivity index (χ1n) is 9.81. The van der Waals surface area contributed by atoms with E-state index in [-0.39, 0.29) is 23.9 Å². The molecule has 2 aliphatic heterocycles. The second-order valence-electron chi connectivity index (χ2n) is 7.52. The number of carbonyl (C=O) groups excluding carboxylic acids is 2. The lowest BCUT2D eigenvalue weighted by atomic mass is 9.95. The average molecular weight is 440 g/mol. The number of nitrogens with zero attached hydrogens (tertiary/aromatic N) is 3.